The molecule has 1 aromatic heterocycles. The van der Waals surface area contributed by atoms with Gasteiger partial charge in [0.05, 0.1) is 0 Å². The van der Waals surface area contributed by atoms with E-state index in [2.05, 4.69) is 15.7 Å². The molecule has 0 unspecified atom stereocenters. The van der Waals surface area contributed by atoms with Gasteiger partial charge in [-0.3, -0.25) is 10.6 Å². The summed E-state index contributed by atoms with van der Waals surface area (Å²) < 4.78 is 0. The van der Waals surface area contributed by atoms with Crippen LogP contribution in [-0.4, -0.2) is 10.9 Å². The second kappa shape index (κ2) is 5.61. The highest BCUT2D eigenvalue weighted by Gasteiger charge is 2.04. The van der Waals surface area contributed by atoms with Crippen LogP contribution in [0.15, 0.2) is 30.5 Å². The van der Waals surface area contributed by atoms with E-state index in [4.69, 9.17) is 5.84 Å². The van der Waals surface area contributed by atoms with E-state index in [0.717, 1.165) is 17.0 Å². The van der Waals surface area contributed by atoms with Gasteiger partial charge in [0.1, 0.15) is 0 Å². The lowest BCUT2D eigenvalue weighted by Gasteiger charge is -2.01. The van der Waals surface area contributed by atoms with Gasteiger partial charge in [0.25, 0.3) is 0 Å². The molecule has 2 aromatic rings. The number of hydrogen-bond donors (Lipinski definition) is 3. The zero-order chi connectivity index (χ0) is 13.0. The van der Waals surface area contributed by atoms with Crippen LogP contribution in [0.3, 0.4) is 0 Å². The summed E-state index contributed by atoms with van der Waals surface area (Å²) in [6.45, 7) is 1.47. The zero-order valence-corrected chi connectivity index (χ0v) is 10.8. The van der Waals surface area contributed by atoms with Crippen molar-refractivity contribution in [2.45, 2.75) is 13.3 Å². The molecule has 5 nitrogen and oxygen atoms in total. The highest BCUT2D eigenvalue weighted by Crippen LogP contribution is 2.21. The molecule has 2 rings (SSSR count). The van der Waals surface area contributed by atoms with Crippen molar-refractivity contribution in [3.05, 3.63) is 40.9 Å². The molecule has 1 amide bonds. The molecular weight excluding hydrogens is 248 g/mol. The van der Waals surface area contributed by atoms with Gasteiger partial charge in [-0.15, -0.1) is 11.3 Å². The van der Waals surface area contributed by atoms with Gasteiger partial charge in [0.2, 0.25) is 5.91 Å². The van der Waals surface area contributed by atoms with E-state index < -0.39 is 0 Å². The minimum Gasteiger partial charge on any atom is -0.324 e. The van der Waals surface area contributed by atoms with E-state index in [-0.39, 0.29) is 5.91 Å². The fourth-order valence-electron chi connectivity index (χ4n) is 1.52. The maximum atomic E-state index is 10.9. The van der Waals surface area contributed by atoms with Crippen molar-refractivity contribution in [3.63, 3.8) is 0 Å². The lowest BCUT2D eigenvalue weighted by Crippen LogP contribution is -2.06. The summed E-state index contributed by atoms with van der Waals surface area (Å²) in [4.78, 5) is 16.1. The molecule has 0 atom stereocenters. The Labute approximate surface area is 109 Å². The van der Waals surface area contributed by atoms with Gasteiger partial charge >= 0.3 is 0 Å². The molecule has 0 fully saturated rings. The first-order chi connectivity index (χ1) is 8.67. The van der Waals surface area contributed by atoms with E-state index in [1.807, 2.05) is 24.3 Å². The number of nitrogens with two attached hydrogens (primary N) is 1. The van der Waals surface area contributed by atoms with Crippen molar-refractivity contribution in [2.75, 3.05) is 10.7 Å². The average molecular weight is 262 g/mol. The highest BCUT2D eigenvalue weighted by atomic mass is 32.1. The molecule has 0 aliphatic carbocycles. The van der Waals surface area contributed by atoms with Crippen molar-refractivity contribution in [3.8, 4) is 0 Å². The van der Waals surface area contributed by atoms with Crippen LogP contribution in [0.25, 0.3) is 0 Å². The number of hydrogen-bond acceptors (Lipinski definition) is 5. The number of anilines is 2. The van der Waals surface area contributed by atoms with Gasteiger partial charge in [-0.1, -0.05) is 12.1 Å². The topological polar surface area (TPSA) is 80.0 Å². The molecule has 0 aliphatic heterocycles. The Balaban J connectivity index is 2.03. The summed E-state index contributed by atoms with van der Waals surface area (Å²) in [5.41, 5.74) is 4.64. The summed E-state index contributed by atoms with van der Waals surface area (Å²) in [6, 6.07) is 7.86. The van der Waals surface area contributed by atoms with Gasteiger partial charge in [0.15, 0.2) is 5.13 Å². The second-order valence-corrected chi connectivity index (χ2v) is 4.95. The van der Waals surface area contributed by atoms with E-state index >= 15 is 0 Å². The Morgan fingerprint density at radius 1 is 1.39 bits per heavy atom. The molecule has 0 aliphatic rings. The number of nitrogen functional groups attached to an aromatic ring is 1. The van der Waals surface area contributed by atoms with Crippen molar-refractivity contribution in [1.82, 2.24) is 4.98 Å². The summed E-state index contributed by atoms with van der Waals surface area (Å²) >= 11 is 1.48. The lowest BCUT2D eigenvalue weighted by molar-refractivity contribution is -0.114. The number of hydrazine groups is 1. The Morgan fingerprint density at radius 3 is 2.72 bits per heavy atom. The van der Waals surface area contributed by atoms with Gasteiger partial charge in [-0.25, -0.2) is 4.98 Å². The quantitative estimate of drug-likeness (QED) is 0.581. The van der Waals surface area contributed by atoms with Crippen molar-refractivity contribution in [2.24, 2.45) is 5.84 Å². The number of carbonyl (C=O) groups is 1. The number of aromatic nitrogens is 1. The number of rotatable bonds is 4. The van der Waals surface area contributed by atoms with Crippen molar-refractivity contribution < 1.29 is 4.79 Å². The van der Waals surface area contributed by atoms with Crippen LogP contribution in [-0.2, 0) is 11.2 Å². The van der Waals surface area contributed by atoms with E-state index in [0.29, 0.717) is 5.13 Å². The number of thiazole rings is 1. The third-order valence-corrected chi connectivity index (χ3v) is 3.25. The molecule has 6 heteroatoms. The molecule has 18 heavy (non-hydrogen) atoms. The fraction of sp³-hybridized carbons (Fsp3) is 0.167. The molecule has 94 valence electrons. The van der Waals surface area contributed by atoms with Crippen LogP contribution < -0.4 is 16.6 Å². The van der Waals surface area contributed by atoms with E-state index in [9.17, 15) is 4.79 Å². The summed E-state index contributed by atoms with van der Waals surface area (Å²) in [7, 11) is 0. The molecule has 0 spiro atoms. The Hall–Kier alpha value is -1.92. The highest BCUT2D eigenvalue weighted by molar-refractivity contribution is 7.15. The minimum absolute atomic E-state index is 0.103. The van der Waals surface area contributed by atoms with Crippen LogP contribution in [0.5, 0.6) is 0 Å². The second-order valence-electron chi connectivity index (χ2n) is 3.83. The van der Waals surface area contributed by atoms with Crippen LogP contribution >= 0.6 is 11.3 Å². The van der Waals surface area contributed by atoms with Gasteiger partial charge in [0, 0.05) is 30.1 Å². The maximum Gasteiger partial charge on any atom is 0.223 e. The largest absolute Gasteiger partial charge is 0.324 e. The maximum absolute atomic E-state index is 10.9. The van der Waals surface area contributed by atoms with E-state index in [1.165, 1.54) is 23.8 Å². The first-order valence-electron chi connectivity index (χ1n) is 5.45. The number of benzene rings is 1. The Morgan fingerprint density at radius 2 is 2.11 bits per heavy atom. The Bertz CT molecular complexity index is 535. The first kappa shape index (κ1) is 12.5. The molecule has 0 radical (unpaired) electrons. The Kier molecular flexibility index (Phi) is 3.91. The van der Waals surface area contributed by atoms with Crippen LogP contribution in [0.4, 0.5) is 10.8 Å². The van der Waals surface area contributed by atoms with Gasteiger partial charge in [-0.05, 0) is 17.7 Å². The third-order valence-electron chi connectivity index (χ3n) is 2.34. The molecule has 0 bridgehead atoms. The van der Waals surface area contributed by atoms with Gasteiger partial charge < -0.3 is 10.7 Å². The van der Waals surface area contributed by atoms with E-state index in [1.54, 1.807) is 6.20 Å². The molecular formula is C12H14N4OS. The molecule has 1 heterocycles. The van der Waals surface area contributed by atoms with Gasteiger partial charge in [-0.2, -0.15) is 0 Å². The summed E-state index contributed by atoms with van der Waals surface area (Å²) in [6.07, 6.45) is 2.58. The average Bonchev–Trinajstić information content (AvgIpc) is 2.76. The number of amides is 1. The normalized spacial score (nSPS) is 10.1. The minimum atomic E-state index is -0.103. The number of nitrogens with zero attached hydrogens (tertiary/aromatic N) is 1. The standard InChI is InChI=1S/C12H14N4OS/c1-8(17)15-12-14-7-11(18-12)6-9-2-4-10(16-13)5-3-9/h2-5,7,16H,6,13H2,1H3,(H,14,15,17). The van der Waals surface area contributed by atoms with Crippen molar-refractivity contribution >= 4 is 28.1 Å². The lowest BCUT2D eigenvalue weighted by atomic mass is 10.1. The fourth-order valence-corrected chi connectivity index (χ4v) is 2.41. The molecule has 0 saturated carbocycles. The zero-order valence-electron chi connectivity index (χ0n) is 9.93. The van der Waals surface area contributed by atoms with Crippen LogP contribution in [0, 0.1) is 0 Å². The molecule has 1 aromatic carbocycles. The number of nitrogens with one attached hydrogen (secondary N) is 2. The predicted molar refractivity (Wildman–Crippen MR) is 73.5 cm³/mol. The van der Waals surface area contributed by atoms with Crippen LogP contribution in [0.2, 0.25) is 0 Å². The smallest absolute Gasteiger partial charge is 0.223 e. The summed E-state index contributed by atoms with van der Waals surface area (Å²) in [5.74, 6) is 5.20. The summed E-state index contributed by atoms with van der Waals surface area (Å²) in [5, 5.41) is 3.31. The SMILES string of the molecule is CC(=O)Nc1ncc(Cc2ccc(NN)cc2)s1. The van der Waals surface area contributed by atoms with Crippen molar-refractivity contribution in [1.29, 1.82) is 0 Å². The molecule has 4 N–H and O–H groups in total. The third kappa shape index (κ3) is 3.28. The predicted octanol–water partition coefficient (Wildman–Crippen LogP) is 1.98. The van der Waals surface area contributed by atoms with Crippen LogP contribution in [0.1, 0.15) is 17.4 Å². The first-order valence-corrected chi connectivity index (χ1v) is 6.27. The molecule has 0 saturated heterocycles. The monoisotopic (exact) mass is 262 g/mol. The number of carbonyl (C=O) groups excluding carboxylic acids is 1.